The fourth-order valence-corrected chi connectivity index (χ4v) is 1.56. The zero-order valence-corrected chi connectivity index (χ0v) is 7.19. The van der Waals surface area contributed by atoms with Gasteiger partial charge >= 0.3 is 0 Å². The SMILES string of the molecule is NC1COc2cccc(C=O)c2C1. The quantitative estimate of drug-likeness (QED) is 0.644. The van der Waals surface area contributed by atoms with E-state index in [1.165, 1.54) is 0 Å². The van der Waals surface area contributed by atoms with Crippen molar-refractivity contribution in [1.82, 2.24) is 0 Å². The standard InChI is InChI=1S/C10H11NO2/c11-8-4-9-7(5-12)2-1-3-10(9)13-6-8/h1-3,5,8H,4,6,11H2. The first-order chi connectivity index (χ1) is 6.31. The van der Waals surface area contributed by atoms with Gasteiger partial charge in [-0.15, -0.1) is 0 Å². The van der Waals surface area contributed by atoms with Gasteiger partial charge in [0.05, 0.1) is 0 Å². The highest BCUT2D eigenvalue weighted by molar-refractivity contribution is 5.78. The topological polar surface area (TPSA) is 52.3 Å². The van der Waals surface area contributed by atoms with Crippen molar-refractivity contribution in [2.24, 2.45) is 5.73 Å². The predicted molar refractivity (Wildman–Crippen MR) is 49.0 cm³/mol. The molecule has 1 atom stereocenters. The third-order valence-electron chi connectivity index (χ3n) is 2.22. The van der Waals surface area contributed by atoms with Gasteiger partial charge in [0, 0.05) is 17.2 Å². The van der Waals surface area contributed by atoms with Gasteiger partial charge in [-0.05, 0) is 12.5 Å². The molecule has 0 aliphatic carbocycles. The molecule has 0 aromatic heterocycles. The predicted octanol–water partition coefficient (Wildman–Crippen LogP) is 0.761. The number of hydrogen-bond donors (Lipinski definition) is 1. The van der Waals surface area contributed by atoms with E-state index in [0.717, 1.165) is 24.0 Å². The molecular formula is C10H11NO2. The van der Waals surface area contributed by atoms with Crippen LogP contribution in [0.3, 0.4) is 0 Å². The molecule has 0 fully saturated rings. The normalized spacial score (nSPS) is 20.2. The molecule has 13 heavy (non-hydrogen) atoms. The summed E-state index contributed by atoms with van der Waals surface area (Å²) in [5.41, 5.74) is 7.36. The maximum atomic E-state index is 10.7. The van der Waals surface area contributed by atoms with Crippen LogP contribution < -0.4 is 10.5 Å². The second-order valence-electron chi connectivity index (χ2n) is 3.22. The number of nitrogens with two attached hydrogens (primary N) is 1. The lowest BCUT2D eigenvalue weighted by Crippen LogP contribution is -2.34. The number of ether oxygens (including phenoxy) is 1. The molecule has 2 N–H and O–H groups in total. The van der Waals surface area contributed by atoms with Crippen molar-refractivity contribution in [1.29, 1.82) is 0 Å². The average molecular weight is 177 g/mol. The maximum absolute atomic E-state index is 10.7. The van der Waals surface area contributed by atoms with E-state index in [4.69, 9.17) is 10.5 Å². The minimum Gasteiger partial charge on any atom is -0.492 e. The zero-order chi connectivity index (χ0) is 9.26. The van der Waals surface area contributed by atoms with Gasteiger partial charge in [0.15, 0.2) is 0 Å². The molecule has 68 valence electrons. The number of benzene rings is 1. The molecule has 1 heterocycles. The first-order valence-corrected chi connectivity index (χ1v) is 4.26. The van der Waals surface area contributed by atoms with Crippen LogP contribution in [0.25, 0.3) is 0 Å². The van der Waals surface area contributed by atoms with Crippen LogP contribution in [0.15, 0.2) is 18.2 Å². The first-order valence-electron chi connectivity index (χ1n) is 4.26. The Bertz CT molecular complexity index is 336. The lowest BCUT2D eigenvalue weighted by molar-refractivity contribution is 0.112. The number of carbonyl (C=O) groups excluding carboxylic acids is 1. The monoisotopic (exact) mass is 177 g/mol. The molecule has 0 saturated heterocycles. The van der Waals surface area contributed by atoms with E-state index in [-0.39, 0.29) is 6.04 Å². The number of hydrogen-bond acceptors (Lipinski definition) is 3. The van der Waals surface area contributed by atoms with Crippen molar-refractivity contribution in [3.05, 3.63) is 29.3 Å². The van der Waals surface area contributed by atoms with Crippen molar-refractivity contribution >= 4 is 6.29 Å². The summed E-state index contributed by atoms with van der Waals surface area (Å²) in [5.74, 6) is 0.798. The molecule has 0 bridgehead atoms. The molecule has 1 aromatic carbocycles. The third-order valence-corrected chi connectivity index (χ3v) is 2.22. The van der Waals surface area contributed by atoms with Gasteiger partial charge in [-0.25, -0.2) is 0 Å². The van der Waals surface area contributed by atoms with E-state index in [1.54, 1.807) is 6.07 Å². The number of rotatable bonds is 1. The van der Waals surface area contributed by atoms with Crippen molar-refractivity contribution in [2.75, 3.05) is 6.61 Å². The summed E-state index contributed by atoms with van der Waals surface area (Å²) in [7, 11) is 0. The number of aldehydes is 1. The summed E-state index contributed by atoms with van der Waals surface area (Å²) >= 11 is 0. The van der Waals surface area contributed by atoms with Crippen LogP contribution in [-0.2, 0) is 6.42 Å². The highest BCUT2D eigenvalue weighted by Crippen LogP contribution is 2.26. The van der Waals surface area contributed by atoms with Gasteiger partial charge < -0.3 is 10.5 Å². The third kappa shape index (κ3) is 1.42. The van der Waals surface area contributed by atoms with Crippen molar-refractivity contribution in [3.63, 3.8) is 0 Å². The van der Waals surface area contributed by atoms with E-state index in [2.05, 4.69) is 0 Å². The molecule has 0 saturated carbocycles. The molecule has 1 aliphatic rings. The van der Waals surface area contributed by atoms with Gasteiger partial charge in [-0.2, -0.15) is 0 Å². The van der Waals surface area contributed by atoms with Gasteiger partial charge in [-0.3, -0.25) is 4.79 Å². The molecule has 0 radical (unpaired) electrons. The summed E-state index contributed by atoms with van der Waals surface area (Å²) in [4.78, 5) is 10.7. The van der Waals surface area contributed by atoms with Crippen LogP contribution in [0.2, 0.25) is 0 Å². The first kappa shape index (κ1) is 8.26. The van der Waals surface area contributed by atoms with E-state index in [0.29, 0.717) is 12.2 Å². The maximum Gasteiger partial charge on any atom is 0.150 e. The lowest BCUT2D eigenvalue weighted by Gasteiger charge is -2.23. The Morgan fingerprint density at radius 2 is 2.38 bits per heavy atom. The second-order valence-corrected chi connectivity index (χ2v) is 3.22. The van der Waals surface area contributed by atoms with E-state index in [1.807, 2.05) is 12.1 Å². The summed E-state index contributed by atoms with van der Waals surface area (Å²) in [5, 5.41) is 0. The Labute approximate surface area is 76.5 Å². The summed E-state index contributed by atoms with van der Waals surface area (Å²) in [6, 6.07) is 5.48. The van der Waals surface area contributed by atoms with Gasteiger partial charge in [-0.1, -0.05) is 12.1 Å². The Morgan fingerprint density at radius 3 is 3.15 bits per heavy atom. The minimum absolute atomic E-state index is 0.00796. The molecule has 0 amide bonds. The molecule has 1 aromatic rings. The second kappa shape index (κ2) is 3.18. The molecule has 1 unspecified atom stereocenters. The lowest BCUT2D eigenvalue weighted by atomic mass is 9.98. The van der Waals surface area contributed by atoms with E-state index in [9.17, 15) is 4.79 Å². The molecule has 3 heteroatoms. The number of fused-ring (bicyclic) bond motifs is 1. The Kier molecular flexibility index (Phi) is 2.02. The fraction of sp³-hybridized carbons (Fsp3) is 0.300. The van der Waals surface area contributed by atoms with E-state index < -0.39 is 0 Å². The van der Waals surface area contributed by atoms with Crippen LogP contribution in [0.1, 0.15) is 15.9 Å². The van der Waals surface area contributed by atoms with Crippen LogP contribution in [-0.4, -0.2) is 18.9 Å². The molecule has 3 nitrogen and oxygen atoms in total. The largest absolute Gasteiger partial charge is 0.492 e. The minimum atomic E-state index is 0.00796. The molecule has 1 aliphatic heterocycles. The smallest absolute Gasteiger partial charge is 0.150 e. The van der Waals surface area contributed by atoms with Crippen LogP contribution in [0, 0.1) is 0 Å². The van der Waals surface area contributed by atoms with Crippen molar-refractivity contribution in [2.45, 2.75) is 12.5 Å². The Hall–Kier alpha value is -1.35. The summed E-state index contributed by atoms with van der Waals surface area (Å²) < 4.78 is 5.39. The fourth-order valence-electron chi connectivity index (χ4n) is 1.56. The highest BCUT2D eigenvalue weighted by Gasteiger charge is 2.18. The van der Waals surface area contributed by atoms with Gasteiger partial charge in [0.1, 0.15) is 18.6 Å². The molecule has 2 rings (SSSR count). The summed E-state index contributed by atoms with van der Waals surface area (Å²) in [6.07, 6.45) is 1.57. The summed E-state index contributed by atoms with van der Waals surface area (Å²) in [6.45, 7) is 0.537. The number of carbonyl (C=O) groups is 1. The molecular weight excluding hydrogens is 166 g/mol. The highest BCUT2D eigenvalue weighted by atomic mass is 16.5. The zero-order valence-electron chi connectivity index (χ0n) is 7.19. The van der Waals surface area contributed by atoms with Gasteiger partial charge in [0.25, 0.3) is 0 Å². The Balaban J connectivity index is 2.46. The van der Waals surface area contributed by atoms with Crippen molar-refractivity contribution in [3.8, 4) is 5.75 Å². The van der Waals surface area contributed by atoms with Crippen LogP contribution in [0.5, 0.6) is 5.75 Å². The van der Waals surface area contributed by atoms with E-state index >= 15 is 0 Å². The average Bonchev–Trinajstić information content (AvgIpc) is 2.17. The van der Waals surface area contributed by atoms with Crippen LogP contribution >= 0.6 is 0 Å². The molecule has 0 spiro atoms. The van der Waals surface area contributed by atoms with Crippen LogP contribution in [0.4, 0.5) is 0 Å². The van der Waals surface area contributed by atoms with Crippen molar-refractivity contribution < 1.29 is 9.53 Å². The van der Waals surface area contributed by atoms with Gasteiger partial charge in [0.2, 0.25) is 0 Å². The Morgan fingerprint density at radius 1 is 1.54 bits per heavy atom.